The van der Waals surface area contributed by atoms with Crippen molar-refractivity contribution in [3.63, 3.8) is 0 Å². The monoisotopic (exact) mass is 276 g/mol. The standard InChI is InChI=1S/C16H24N2O2/c1-12(2)17-15-7-8-18(16(15)19)9-10-20-14-6-4-5-13(3)11-14/h4-6,11-12,15,17H,7-10H2,1-3H3. The van der Waals surface area contributed by atoms with Crippen LogP contribution in [0.5, 0.6) is 5.75 Å². The Morgan fingerprint density at radius 3 is 2.95 bits per heavy atom. The van der Waals surface area contributed by atoms with E-state index in [0.717, 1.165) is 18.7 Å². The summed E-state index contributed by atoms with van der Waals surface area (Å²) in [5.41, 5.74) is 1.18. The summed E-state index contributed by atoms with van der Waals surface area (Å²) in [5.74, 6) is 1.07. The van der Waals surface area contributed by atoms with Gasteiger partial charge in [-0.15, -0.1) is 0 Å². The lowest BCUT2D eigenvalue weighted by atomic mass is 10.2. The molecule has 20 heavy (non-hydrogen) atoms. The van der Waals surface area contributed by atoms with Gasteiger partial charge in [-0.1, -0.05) is 26.0 Å². The van der Waals surface area contributed by atoms with Gasteiger partial charge in [-0.05, 0) is 31.0 Å². The van der Waals surface area contributed by atoms with Crippen LogP contribution in [0.25, 0.3) is 0 Å². The first-order valence-electron chi connectivity index (χ1n) is 7.30. The Morgan fingerprint density at radius 1 is 1.45 bits per heavy atom. The molecular formula is C16H24N2O2. The number of ether oxygens (including phenoxy) is 1. The van der Waals surface area contributed by atoms with E-state index in [1.54, 1.807) is 0 Å². The highest BCUT2D eigenvalue weighted by Crippen LogP contribution is 2.14. The van der Waals surface area contributed by atoms with Crippen molar-refractivity contribution in [2.75, 3.05) is 19.7 Å². The van der Waals surface area contributed by atoms with Gasteiger partial charge >= 0.3 is 0 Å². The first kappa shape index (κ1) is 14.9. The highest BCUT2D eigenvalue weighted by molar-refractivity contribution is 5.84. The predicted octanol–water partition coefficient (Wildman–Crippen LogP) is 1.97. The van der Waals surface area contributed by atoms with Crippen molar-refractivity contribution in [3.05, 3.63) is 29.8 Å². The molecule has 1 saturated heterocycles. The number of amides is 1. The number of hydrogen-bond donors (Lipinski definition) is 1. The molecule has 4 heteroatoms. The van der Waals surface area contributed by atoms with Gasteiger partial charge < -0.3 is 15.0 Å². The fourth-order valence-corrected chi connectivity index (χ4v) is 2.50. The minimum absolute atomic E-state index is 0.0195. The van der Waals surface area contributed by atoms with Crippen molar-refractivity contribution < 1.29 is 9.53 Å². The Kier molecular flexibility index (Phi) is 5.01. The van der Waals surface area contributed by atoms with Crippen LogP contribution in [0, 0.1) is 6.92 Å². The number of carbonyl (C=O) groups is 1. The van der Waals surface area contributed by atoms with Crippen LogP contribution in [0.3, 0.4) is 0 Å². The maximum absolute atomic E-state index is 12.1. The van der Waals surface area contributed by atoms with E-state index in [1.165, 1.54) is 5.56 Å². The number of carbonyl (C=O) groups excluding carboxylic acids is 1. The molecule has 1 aliphatic heterocycles. The van der Waals surface area contributed by atoms with E-state index >= 15 is 0 Å². The molecule has 0 bridgehead atoms. The predicted molar refractivity (Wildman–Crippen MR) is 79.9 cm³/mol. The minimum atomic E-state index is -0.0195. The lowest BCUT2D eigenvalue weighted by molar-refractivity contribution is -0.129. The van der Waals surface area contributed by atoms with Gasteiger partial charge in [0.25, 0.3) is 0 Å². The molecule has 1 atom stereocenters. The van der Waals surface area contributed by atoms with Gasteiger partial charge in [-0.3, -0.25) is 4.79 Å². The van der Waals surface area contributed by atoms with Gasteiger partial charge in [0.15, 0.2) is 0 Å². The zero-order valence-electron chi connectivity index (χ0n) is 12.6. The third kappa shape index (κ3) is 3.97. The largest absolute Gasteiger partial charge is 0.492 e. The number of rotatable bonds is 6. The molecule has 1 aliphatic rings. The van der Waals surface area contributed by atoms with Crippen LogP contribution >= 0.6 is 0 Å². The van der Waals surface area contributed by atoms with Crippen LogP contribution in [-0.2, 0) is 4.79 Å². The van der Waals surface area contributed by atoms with E-state index in [1.807, 2.05) is 36.1 Å². The molecule has 0 aromatic heterocycles. The van der Waals surface area contributed by atoms with Gasteiger partial charge in [-0.25, -0.2) is 0 Å². The van der Waals surface area contributed by atoms with Gasteiger partial charge in [0.1, 0.15) is 12.4 Å². The van der Waals surface area contributed by atoms with Crippen LogP contribution < -0.4 is 10.1 Å². The van der Waals surface area contributed by atoms with Crippen molar-refractivity contribution in [1.29, 1.82) is 0 Å². The van der Waals surface area contributed by atoms with Crippen molar-refractivity contribution >= 4 is 5.91 Å². The molecule has 0 radical (unpaired) electrons. The fraction of sp³-hybridized carbons (Fsp3) is 0.562. The SMILES string of the molecule is Cc1cccc(OCCN2CCC(NC(C)C)C2=O)c1. The Hall–Kier alpha value is -1.55. The summed E-state index contributed by atoms with van der Waals surface area (Å²) < 4.78 is 5.70. The Bertz CT molecular complexity index is 460. The van der Waals surface area contributed by atoms with Crippen molar-refractivity contribution in [3.8, 4) is 5.75 Å². The highest BCUT2D eigenvalue weighted by atomic mass is 16.5. The lowest BCUT2D eigenvalue weighted by Gasteiger charge is -2.18. The van der Waals surface area contributed by atoms with Crippen molar-refractivity contribution in [2.45, 2.75) is 39.3 Å². The van der Waals surface area contributed by atoms with Crippen LogP contribution in [0.2, 0.25) is 0 Å². The van der Waals surface area contributed by atoms with E-state index < -0.39 is 0 Å². The topological polar surface area (TPSA) is 41.6 Å². The number of hydrogen-bond acceptors (Lipinski definition) is 3. The summed E-state index contributed by atoms with van der Waals surface area (Å²) in [6, 6.07) is 8.30. The summed E-state index contributed by atoms with van der Waals surface area (Å²) in [7, 11) is 0. The molecule has 2 rings (SSSR count). The second-order valence-corrected chi connectivity index (χ2v) is 5.65. The quantitative estimate of drug-likeness (QED) is 0.864. The lowest BCUT2D eigenvalue weighted by Crippen LogP contribution is -2.42. The molecule has 0 aliphatic carbocycles. The number of nitrogens with one attached hydrogen (secondary N) is 1. The maximum Gasteiger partial charge on any atom is 0.239 e. The van der Waals surface area contributed by atoms with E-state index in [2.05, 4.69) is 19.2 Å². The van der Waals surface area contributed by atoms with Gasteiger partial charge in [0, 0.05) is 12.6 Å². The third-order valence-corrected chi connectivity index (χ3v) is 3.45. The Balaban J connectivity index is 1.76. The summed E-state index contributed by atoms with van der Waals surface area (Å²) in [5, 5.41) is 3.30. The second-order valence-electron chi connectivity index (χ2n) is 5.65. The van der Waals surface area contributed by atoms with Crippen LogP contribution in [0.4, 0.5) is 0 Å². The van der Waals surface area contributed by atoms with E-state index in [-0.39, 0.29) is 11.9 Å². The Morgan fingerprint density at radius 2 is 2.25 bits per heavy atom. The molecule has 1 aromatic carbocycles. The first-order chi connectivity index (χ1) is 9.56. The molecule has 1 aromatic rings. The Labute approximate surface area is 121 Å². The maximum atomic E-state index is 12.1. The number of likely N-dealkylation sites (tertiary alicyclic amines) is 1. The zero-order valence-corrected chi connectivity index (χ0v) is 12.6. The third-order valence-electron chi connectivity index (χ3n) is 3.45. The van der Waals surface area contributed by atoms with E-state index in [9.17, 15) is 4.79 Å². The normalized spacial score (nSPS) is 18.9. The van der Waals surface area contributed by atoms with Crippen LogP contribution in [-0.4, -0.2) is 42.6 Å². The van der Waals surface area contributed by atoms with Crippen molar-refractivity contribution in [1.82, 2.24) is 10.2 Å². The number of benzene rings is 1. The number of aryl methyl sites for hydroxylation is 1. The second kappa shape index (κ2) is 6.75. The molecule has 1 unspecified atom stereocenters. The minimum Gasteiger partial charge on any atom is -0.492 e. The highest BCUT2D eigenvalue weighted by Gasteiger charge is 2.31. The first-order valence-corrected chi connectivity index (χ1v) is 7.30. The molecule has 0 saturated carbocycles. The molecular weight excluding hydrogens is 252 g/mol. The summed E-state index contributed by atoms with van der Waals surface area (Å²) in [4.78, 5) is 14.0. The summed E-state index contributed by atoms with van der Waals surface area (Å²) in [6.07, 6.45) is 0.890. The average Bonchev–Trinajstić information content (AvgIpc) is 2.71. The van der Waals surface area contributed by atoms with Crippen LogP contribution in [0.1, 0.15) is 25.8 Å². The van der Waals surface area contributed by atoms with E-state index in [0.29, 0.717) is 19.2 Å². The average molecular weight is 276 g/mol. The van der Waals surface area contributed by atoms with E-state index in [4.69, 9.17) is 4.74 Å². The fourth-order valence-electron chi connectivity index (χ4n) is 2.50. The molecule has 4 nitrogen and oxygen atoms in total. The van der Waals surface area contributed by atoms with Crippen LogP contribution in [0.15, 0.2) is 24.3 Å². The summed E-state index contributed by atoms with van der Waals surface area (Å²) in [6.45, 7) is 8.19. The molecule has 0 spiro atoms. The molecule has 1 amide bonds. The smallest absolute Gasteiger partial charge is 0.239 e. The van der Waals surface area contributed by atoms with Gasteiger partial charge in [0.2, 0.25) is 5.91 Å². The van der Waals surface area contributed by atoms with Gasteiger partial charge in [0.05, 0.1) is 12.6 Å². The molecule has 110 valence electrons. The molecule has 1 fully saturated rings. The van der Waals surface area contributed by atoms with Gasteiger partial charge in [-0.2, -0.15) is 0 Å². The molecule has 1 heterocycles. The zero-order chi connectivity index (χ0) is 14.5. The van der Waals surface area contributed by atoms with Crippen molar-refractivity contribution in [2.24, 2.45) is 0 Å². The molecule has 1 N–H and O–H groups in total. The summed E-state index contributed by atoms with van der Waals surface area (Å²) >= 11 is 0. The number of nitrogens with zero attached hydrogens (tertiary/aromatic N) is 1.